The van der Waals surface area contributed by atoms with Crippen molar-refractivity contribution in [2.24, 2.45) is 0 Å². The van der Waals surface area contributed by atoms with E-state index in [4.69, 9.17) is 15.0 Å². The third kappa shape index (κ3) is 3.44. The number of fused-ring (bicyclic) bond motifs is 2. The topological polar surface area (TPSA) is 38.7 Å². The number of hydrogen-bond acceptors (Lipinski definition) is 3. The molecule has 3 heterocycles. The second kappa shape index (κ2) is 8.92. The fourth-order valence-electron chi connectivity index (χ4n) is 6.53. The maximum Gasteiger partial charge on any atom is 0.0716 e. The fraction of sp³-hybridized carbons (Fsp3) is 0. The lowest BCUT2D eigenvalue weighted by molar-refractivity contribution is 1.33. The molecule has 194 valence electrons. The molecule has 0 radical (unpaired) electrons. The molecule has 3 heteroatoms. The van der Waals surface area contributed by atoms with Crippen LogP contribution in [0.25, 0.3) is 87.8 Å². The van der Waals surface area contributed by atoms with Gasteiger partial charge in [0.25, 0.3) is 0 Å². The van der Waals surface area contributed by atoms with E-state index in [1.165, 1.54) is 37.9 Å². The van der Waals surface area contributed by atoms with Gasteiger partial charge < -0.3 is 0 Å². The van der Waals surface area contributed by atoms with E-state index in [0.717, 1.165) is 49.9 Å². The first kappa shape index (κ1) is 23.1. The second-order valence-electron chi connectivity index (χ2n) is 10.9. The average molecular weight is 534 g/mol. The van der Waals surface area contributed by atoms with Gasteiger partial charge in [0.15, 0.2) is 0 Å². The van der Waals surface area contributed by atoms with Gasteiger partial charge in [-0.15, -0.1) is 0 Å². The van der Waals surface area contributed by atoms with E-state index in [0.29, 0.717) is 0 Å². The zero-order chi connectivity index (χ0) is 27.6. The predicted octanol–water partition coefficient (Wildman–Crippen LogP) is 10.1. The standard InChI is InChI=1S/C39H23N3/c1-4-10-35-24(7-1)14-19-37(42-35)33-22-32(36-11-5-6-20-40-36)30-16-13-25-12-15-28(29-17-18-31(33)39(30)38(25)29)27-21-26-8-2-3-9-34(26)41-23-27/h1-23H. The summed E-state index contributed by atoms with van der Waals surface area (Å²) in [5, 5.41) is 9.61. The average Bonchev–Trinajstić information content (AvgIpc) is 3.07. The van der Waals surface area contributed by atoms with E-state index in [1.54, 1.807) is 0 Å². The van der Waals surface area contributed by atoms with Crippen molar-refractivity contribution in [3.8, 4) is 33.6 Å². The predicted molar refractivity (Wildman–Crippen MR) is 175 cm³/mol. The van der Waals surface area contributed by atoms with Crippen molar-refractivity contribution in [1.82, 2.24) is 15.0 Å². The van der Waals surface area contributed by atoms with E-state index >= 15 is 0 Å². The van der Waals surface area contributed by atoms with Gasteiger partial charge in [0.05, 0.1) is 22.4 Å². The number of rotatable bonds is 3. The number of pyridine rings is 3. The molecule has 0 amide bonds. The molecule has 9 rings (SSSR count). The number of aromatic nitrogens is 3. The Morgan fingerprint density at radius 1 is 0.405 bits per heavy atom. The van der Waals surface area contributed by atoms with Crippen LogP contribution in [0.15, 0.2) is 140 Å². The van der Waals surface area contributed by atoms with E-state index in [1.807, 2.05) is 30.6 Å². The van der Waals surface area contributed by atoms with Gasteiger partial charge in [0, 0.05) is 39.9 Å². The zero-order valence-corrected chi connectivity index (χ0v) is 22.6. The molecular formula is C39H23N3. The van der Waals surface area contributed by atoms with Crippen LogP contribution >= 0.6 is 0 Å². The van der Waals surface area contributed by atoms with Crippen LogP contribution in [0.5, 0.6) is 0 Å². The Hall–Kier alpha value is -5.67. The van der Waals surface area contributed by atoms with Gasteiger partial charge in [-0.1, -0.05) is 84.9 Å². The van der Waals surface area contributed by atoms with Crippen LogP contribution in [0.4, 0.5) is 0 Å². The lowest BCUT2D eigenvalue weighted by atomic mass is 9.85. The third-order valence-corrected chi connectivity index (χ3v) is 8.50. The maximum atomic E-state index is 5.13. The fourth-order valence-corrected chi connectivity index (χ4v) is 6.53. The van der Waals surface area contributed by atoms with Crippen molar-refractivity contribution in [3.05, 3.63) is 140 Å². The van der Waals surface area contributed by atoms with Gasteiger partial charge in [-0.2, -0.15) is 0 Å². The van der Waals surface area contributed by atoms with Crippen molar-refractivity contribution in [2.45, 2.75) is 0 Å². The van der Waals surface area contributed by atoms with Crippen LogP contribution in [-0.4, -0.2) is 15.0 Å². The summed E-state index contributed by atoms with van der Waals surface area (Å²) in [7, 11) is 0. The molecule has 3 nitrogen and oxygen atoms in total. The SMILES string of the molecule is c1ccc(-c2cc(-c3ccc4ccccc4n3)c3ccc4c(-c5cnc6ccccc6c5)ccc5ccc2c3c54)nc1. The van der Waals surface area contributed by atoms with Crippen LogP contribution in [0.1, 0.15) is 0 Å². The second-order valence-corrected chi connectivity index (χ2v) is 10.9. The highest BCUT2D eigenvalue weighted by Gasteiger charge is 2.19. The van der Waals surface area contributed by atoms with Gasteiger partial charge in [0.1, 0.15) is 0 Å². The first-order valence-corrected chi connectivity index (χ1v) is 14.2. The largest absolute Gasteiger partial charge is 0.256 e. The quantitative estimate of drug-likeness (QED) is 0.212. The van der Waals surface area contributed by atoms with Gasteiger partial charge in [-0.25, -0.2) is 4.98 Å². The van der Waals surface area contributed by atoms with E-state index < -0.39 is 0 Å². The summed E-state index contributed by atoms with van der Waals surface area (Å²) in [6.07, 6.45) is 3.87. The Balaban J connectivity index is 1.40. The molecular weight excluding hydrogens is 510 g/mol. The first-order valence-electron chi connectivity index (χ1n) is 14.2. The van der Waals surface area contributed by atoms with Gasteiger partial charge >= 0.3 is 0 Å². The van der Waals surface area contributed by atoms with E-state index in [-0.39, 0.29) is 0 Å². The molecule has 3 aromatic heterocycles. The van der Waals surface area contributed by atoms with Crippen LogP contribution in [-0.2, 0) is 0 Å². The number of hydrogen-bond donors (Lipinski definition) is 0. The summed E-state index contributed by atoms with van der Waals surface area (Å²) in [5.41, 5.74) is 8.44. The molecule has 42 heavy (non-hydrogen) atoms. The molecule has 0 unspecified atom stereocenters. The summed E-state index contributed by atoms with van der Waals surface area (Å²) >= 11 is 0. The molecule has 0 saturated carbocycles. The Labute approximate surface area is 242 Å². The van der Waals surface area contributed by atoms with Crippen molar-refractivity contribution >= 4 is 54.1 Å². The molecule has 0 aliphatic rings. The zero-order valence-electron chi connectivity index (χ0n) is 22.6. The van der Waals surface area contributed by atoms with Crippen molar-refractivity contribution in [3.63, 3.8) is 0 Å². The number of nitrogens with zero attached hydrogens (tertiary/aromatic N) is 3. The van der Waals surface area contributed by atoms with Crippen LogP contribution in [0.2, 0.25) is 0 Å². The van der Waals surface area contributed by atoms with E-state index in [2.05, 4.69) is 109 Å². The molecule has 0 aliphatic heterocycles. The Morgan fingerprint density at radius 2 is 1.10 bits per heavy atom. The Morgan fingerprint density at radius 3 is 1.95 bits per heavy atom. The van der Waals surface area contributed by atoms with Crippen molar-refractivity contribution < 1.29 is 0 Å². The lowest BCUT2D eigenvalue weighted by Gasteiger charge is -2.19. The molecule has 0 saturated heterocycles. The van der Waals surface area contributed by atoms with E-state index in [9.17, 15) is 0 Å². The summed E-state index contributed by atoms with van der Waals surface area (Å²) < 4.78 is 0. The monoisotopic (exact) mass is 533 g/mol. The van der Waals surface area contributed by atoms with Crippen molar-refractivity contribution in [2.75, 3.05) is 0 Å². The van der Waals surface area contributed by atoms with Gasteiger partial charge in [-0.3, -0.25) is 9.97 Å². The lowest BCUT2D eigenvalue weighted by Crippen LogP contribution is -1.94. The van der Waals surface area contributed by atoms with Crippen LogP contribution in [0, 0.1) is 0 Å². The molecule has 0 fully saturated rings. The highest BCUT2D eigenvalue weighted by molar-refractivity contribution is 6.29. The molecule has 0 spiro atoms. The highest BCUT2D eigenvalue weighted by atomic mass is 14.7. The minimum Gasteiger partial charge on any atom is -0.256 e. The molecule has 6 aromatic carbocycles. The third-order valence-electron chi connectivity index (χ3n) is 8.50. The normalized spacial score (nSPS) is 11.8. The van der Waals surface area contributed by atoms with Crippen LogP contribution < -0.4 is 0 Å². The summed E-state index contributed by atoms with van der Waals surface area (Å²) in [5.74, 6) is 0. The molecule has 9 aromatic rings. The summed E-state index contributed by atoms with van der Waals surface area (Å²) in [4.78, 5) is 14.7. The minimum absolute atomic E-state index is 0.955. The summed E-state index contributed by atoms with van der Waals surface area (Å²) in [6.45, 7) is 0. The maximum absolute atomic E-state index is 5.13. The molecule has 0 aliphatic carbocycles. The highest BCUT2D eigenvalue weighted by Crippen LogP contribution is 2.45. The number of benzene rings is 6. The van der Waals surface area contributed by atoms with Gasteiger partial charge in [-0.05, 0) is 80.3 Å². The summed E-state index contributed by atoms with van der Waals surface area (Å²) in [6, 6.07) is 45.1. The molecule has 0 atom stereocenters. The van der Waals surface area contributed by atoms with Crippen molar-refractivity contribution in [1.29, 1.82) is 0 Å². The van der Waals surface area contributed by atoms with Gasteiger partial charge in [0.2, 0.25) is 0 Å². The Bertz CT molecular complexity index is 2460. The first-order chi connectivity index (χ1) is 20.8. The minimum atomic E-state index is 0.955. The Kier molecular flexibility index (Phi) is 4.90. The molecule has 0 N–H and O–H groups in total. The van der Waals surface area contributed by atoms with Crippen LogP contribution in [0.3, 0.4) is 0 Å². The number of para-hydroxylation sites is 2. The smallest absolute Gasteiger partial charge is 0.0716 e. The molecule has 0 bridgehead atoms.